The average Bonchev–Trinajstić information content (AvgIpc) is 2.49. The summed E-state index contributed by atoms with van der Waals surface area (Å²) in [6.07, 6.45) is 4.80. The van der Waals surface area contributed by atoms with Crippen molar-refractivity contribution in [3.63, 3.8) is 0 Å². The van der Waals surface area contributed by atoms with Gasteiger partial charge in [0.05, 0.1) is 0 Å². The topological polar surface area (TPSA) is 15.3 Å². The number of hydrogen-bond donors (Lipinski definition) is 1. The highest BCUT2D eigenvalue weighted by molar-refractivity contribution is 5.22. The van der Waals surface area contributed by atoms with Crippen LogP contribution in [0.3, 0.4) is 0 Å². The molecule has 0 bridgehead atoms. The number of hydrogen-bond acceptors (Lipinski definition) is 2. The van der Waals surface area contributed by atoms with Crippen LogP contribution in [-0.2, 0) is 0 Å². The average molecular weight is 262 g/mol. The van der Waals surface area contributed by atoms with E-state index in [2.05, 4.69) is 10.2 Å². The second kappa shape index (κ2) is 6.02. The van der Waals surface area contributed by atoms with Gasteiger partial charge in [0.1, 0.15) is 5.82 Å². The van der Waals surface area contributed by atoms with Crippen molar-refractivity contribution >= 4 is 0 Å². The van der Waals surface area contributed by atoms with Crippen LogP contribution in [0.25, 0.3) is 0 Å². The molecule has 0 aromatic heterocycles. The first-order valence-corrected chi connectivity index (χ1v) is 7.54. The van der Waals surface area contributed by atoms with E-state index >= 15 is 0 Å². The molecule has 2 aliphatic heterocycles. The number of rotatable bonds is 2. The Morgan fingerprint density at radius 1 is 1.11 bits per heavy atom. The third-order valence-electron chi connectivity index (χ3n) is 4.66. The fourth-order valence-corrected chi connectivity index (χ4v) is 3.53. The Labute approximate surface area is 115 Å². The van der Waals surface area contributed by atoms with Crippen molar-refractivity contribution in [1.29, 1.82) is 0 Å². The van der Waals surface area contributed by atoms with E-state index in [1.54, 1.807) is 12.1 Å². The van der Waals surface area contributed by atoms with Gasteiger partial charge < -0.3 is 5.32 Å². The summed E-state index contributed by atoms with van der Waals surface area (Å²) in [7, 11) is 0. The van der Waals surface area contributed by atoms with Gasteiger partial charge in [0.25, 0.3) is 0 Å². The van der Waals surface area contributed by atoms with Crippen molar-refractivity contribution in [2.45, 2.75) is 37.6 Å². The Bertz CT molecular complexity index is 407. The summed E-state index contributed by atoms with van der Waals surface area (Å²) in [5, 5.41) is 3.48. The van der Waals surface area contributed by atoms with Crippen molar-refractivity contribution in [1.82, 2.24) is 10.2 Å². The molecule has 2 nitrogen and oxygen atoms in total. The van der Waals surface area contributed by atoms with Crippen LogP contribution in [0.5, 0.6) is 0 Å². The van der Waals surface area contributed by atoms with Crippen molar-refractivity contribution in [2.75, 3.05) is 26.2 Å². The number of halogens is 1. The molecular formula is C16H23FN2. The molecule has 0 radical (unpaired) electrons. The minimum absolute atomic E-state index is 0.0275. The van der Waals surface area contributed by atoms with E-state index in [1.165, 1.54) is 19.4 Å². The lowest BCUT2D eigenvalue weighted by atomic mass is 9.88. The Hall–Kier alpha value is -0.930. The van der Waals surface area contributed by atoms with Crippen molar-refractivity contribution in [3.8, 4) is 0 Å². The molecule has 1 unspecified atom stereocenters. The van der Waals surface area contributed by atoms with E-state index in [4.69, 9.17) is 0 Å². The lowest BCUT2D eigenvalue weighted by Gasteiger charge is -2.39. The lowest BCUT2D eigenvalue weighted by Crippen LogP contribution is -2.48. The summed E-state index contributed by atoms with van der Waals surface area (Å²) in [6, 6.07) is 7.98. The molecule has 2 heterocycles. The van der Waals surface area contributed by atoms with Gasteiger partial charge in [-0.05, 0) is 62.9 Å². The zero-order chi connectivity index (χ0) is 13.1. The van der Waals surface area contributed by atoms with Crippen molar-refractivity contribution < 1.29 is 4.39 Å². The lowest BCUT2D eigenvalue weighted by molar-refractivity contribution is 0.129. The van der Waals surface area contributed by atoms with Crippen LogP contribution in [0.4, 0.5) is 4.39 Å². The fourth-order valence-electron chi connectivity index (χ4n) is 3.53. The Balaban J connectivity index is 1.58. The molecule has 2 saturated heterocycles. The molecule has 0 spiro atoms. The number of piperidine rings is 2. The van der Waals surface area contributed by atoms with Crippen LogP contribution >= 0.6 is 0 Å². The number of likely N-dealkylation sites (tertiary alicyclic amines) is 1. The predicted octanol–water partition coefficient (Wildman–Crippen LogP) is 2.76. The van der Waals surface area contributed by atoms with Crippen LogP contribution in [-0.4, -0.2) is 37.1 Å². The molecule has 3 heteroatoms. The summed E-state index contributed by atoms with van der Waals surface area (Å²) in [5.41, 5.74) is 0.920. The summed E-state index contributed by atoms with van der Waals surface area (Å²) < 4.78 is 13.8. The molecule has 104 valence electrons. The minimum atomic E-state index is -0.0275. The molecular weight excluding hydrogens is 239 g/mol. The summed E-state index contributed by atoms with van der Waals surface area (Å²) in [4.78, 5) is 2.60. The SMILES string of the molecule is Fc1ccccc1C1CCN(C2CCCNC2)CC1. The summed E-state index contributed by atoms with van der Waals surface area (Å²) in [5.74, 6) is 0.384. The van der Waals surface area contributed by atoms with Crippen LogP contribution in [0, 0.1) is 5.82 Å². The maximum Gasteiger partial charge on any atom is 0.126 e. The molecule has 2 fully saturated rings. The molecule has 1 atom stereocenters. The van der Waals surface area contributed by atoms with E-state index in [0.29, 0.717) is 12.0 Å². The van der Waals surface area contributed by atoms with E-state index < -0.39 is 0 Å². The summed E-state index contributed by atoms with van der Waals surface area (Å²) in [6.45, 7) is 4.53. The molecule has 19 heavy (non-hydrogen) atoms. The quantitative estimate of drug-likeness (QED) is 0.881. The fraction of sp³-hybridized carbons (Fsp3) is 0.625. The van der Waals surface area contributed by atoms with Crippen LogP contribution in [0.15, 0.2) is 24.3 Å². The standard InChI is InChI=1S/C16H23FN2/c17-16-6-2-1-5-15(16)13-7-10-19(11-8-13)14-4-3-9-18-12-14/h1-2,5-6,13-14,18H,3-4,7-12H2. The summed E-state index contributed by atoms with van der Waals surface area (Å²) >= 11 is 0. The first kappa shape index (κ1) is 13.1. The maximum absolute atomic E-state index is 13.8. The van der Waals surface area contributed by atoms with Gasteiger partial charge in [-0.15, -0.1) is 0 Å². The molecule has 3 rings (SSSR count). The molecule has 0 aliphatic carbocycles. The van der Waals surface area contributed by atoms with E-state index in [9.17, 15) is 4.39 Å². The minimum Gasteiger partial charge on any atom is -0.315 e. The first-order chi connectivity index (χ1) is 9.34. The predicted molar refractivity (Wildman–Crippen MR) is 75.8 cm³/mol. The van der Waals surface area contributed by atoms with Gasteiger partial charge in [-0.25, -0.2) is 4.39 Å². The van der Waals surface area contributed by atoms with Gasteiger partial charge in [0.15, 0.2) is 0 Å². The zero-order valence-electron chi connectivity index (χ0n) is 11.4. The van der Waals surface area contributed by atoms with Gasteiger partial charge in [0, 0.05) is 12.6 Å². The van der Waals surface area contributed by atoms with Gasteiger partial charge >= 0.3 is 0 Å². The van der Waals surface area contributed by atoms with Crippen LogP contribution in [0.1, 0.15) is 37.2 Å². The molecule has 1 aromatic carbocycles. The molecule has 1 N–H and O–H groups in total. The number of nitrogens with one attached hydrogen (secondary N) is 1. The van der Waals surface area contributed by atoms with Crippen LogP contribution < -0.4 is 5.32 Å². The molecule has 0 amide bonds. The van der Waals surface area contributed by atoms with E-state index in [0.717, 1.165) is 38.0 Å². The van der Waals surface area contributed by atoms with Gasteiger partial charge in [-0.1, -0.05) is 18.2 Å². The van der Waals surface area contributed by atoms with Gasteiger partial charge in [-0.2, -0.15) is 0 Å². The first-order valence-electron chi connectivity index (χ1n) is 7.54. The Morgan fingerprint density at radius 2 is 1.89 bits per heavy atom. The van der Waals surface area contributed by atoms with Gasteiger partial charge in [-0.3, -0.25) is 4.90 Å². The van der Waals surface area contributed by atoms with Crippen molar-refractivity contribution in [3.05, 3.63) is 35.6 Å². The molecule has 2 aliphatic rings. The second-order valence-corrected chi connectivity index (χ2v) is 5.83. The van der Waals surface area contributed by atoms with E-state index in [1.807, 2.05) is 12.1 Å². The smallest absolute Gasteiger partial charge is 0.126 e. The normalized spacial score (nSPS) is 26.5. The molecule has 1 aromatic rings. The van der Waals surface area contributed by atoms with E-state index in [-0.39, 0.29) is 5.82 Å². The number of nitrogens with zero attached hydrogens (tertiary/aromatic N) is 1. The highest BCUT2D eigenvalue weighted by Gasteiger charge is 2.27. The number of benzene rings is 1. The molecule has 0 saturated carbocycles. The largest absolute Gasteiger partial charge is 0.315 e. The Kier molecular flexibility index (Phi) is 4.14. The monoisotopic (exact) mass is 262 g/mol. The van der Waals surface area contributed by atoms with Gasteiger partial charge in [0.2, 0.25) is 0 Å². The third kappa shape index (κ3) is 2.98. The second-order valence-electron chi connectivity index (χ2n) is 5.83. The van der Waals surface area contributed by atoms with Crippen LogP contribution in [0.2, 0.25) is 0 Å². The maximum atomic E-state index is 13.8. The highest BCUT2D eigenvalue weighted by atomic mass is 19.1. The zero-order valence-corrected chi connectivity index (χ0v) is 11.4. The van der Waals surface area contributed by atoms with Crippen molar-refractivity contribution in [2.24, 2.45) is 0 Å². The Morgan fingerprint density at radius 3 is 2.58 bits per heavy atom. The third-order valence-corrected chi connectivity index (χ3v) is 4.66. The highest BCUT2D eigenvalue weighted by Crippen LogP contribution is 2.31.